The lowest BCUT2D eigenvalue weighted by Gasteiger charge is -2.15. The lowest BCUT2D eigenvalue weighted by molar-refractivity contribution is -0.141. The number of hydrogen-bond donors (Lipinski definition) is 1. The normalized spacial score (nSPS) is 11.5. The van der Waals surface area contributed by atoms with Crippen molar-refractivity contribution < 1.29 is 27.8 Å². The Morgan fingerprint density at radius 1 is 0.576 bits per heavy atom. The van der Waals surface area contributed by atoms with Crippen LogP contribution in [0.1, 0.15) is 142 Å². The van der Waals surface area contributed by atoms with Gasteiger partial charge in [0.2, 0.25) is 0 Å². The fourth-order valence-corrected chi connectivity index (χ4v) is 4.69. The Kier molecular flexibility index (Phi) is 22.2. The van der Waals surface area contributed by atoms with Crippen LogP contribution in [-0.4, -0.2) is 19.0 Å². The first-order chi connectivity index (χ1) is 16.0. The minimum Gasteiger partial charge on any atom is -0.360 e. The number of phosphoric acid groups is 1. The van der Waals surface area contributed by atoms with Crippen molar-refractivity contribution in [2.24, 2.45) is 0 Å². The van der Waals surface area contributed by atoms with Gasteiger partial charge < -0.3 is 9.05 Å². The Bertz CT molecular complexity index is 489. The van der Waals surface area contributed by atoms with Crippen LogP contribution in [0.25, 0.3) is 0 Å². The molecule has 0 bridgehead atoms. The van der Waals surface area contributed by atoms with Crippen LogP contribution in [0.15, 0.2) is 0 Å². The number of phosphoric ester groups is 1. The molecule has 196 valence electrons. The van der Waals surface area contributed by atoms with E-state index in [-0.39, 0.29) is 12.8 Å². The van der Waals surface area contributed by atoms with Gasteiger partial charge in [0.25, 0.3) is 0 Å². The average Bonchev–Trinajstić information content (AvgIpc) is 2.76. The van der Waals surface area contributed by atoms with Gasteiger partial charge in [0, 0.05) is 19.9 Å². The van der Waals surface area contributed by atoms with Crippen molar-refractivity contribution in [2.45, 2.75) is 142 Å². The largest absolute Gasteiger partial charge is 0.609 e. The van der Waals surface area contributed by atoms with Gasteiger partial charge in [-0.25, -0.2) is 4.57 Å². The van der Waals surface area contributed by atoms with Gasteiger partial charge in [-0.1, -0.05) is 117 Å². The van der Waals surface area contributed by atoms with Crippen LogP contribution in [0.2, 0.25) is 0 Å². The molecule has 0 rings (SSSR count). The van der Waals surface area contributed by atoms with Crippen LogP contribution in [-0.2, 0) is 27.8 Å². The summed E-state index contributed by atoms with van der Waals surface area (Å²) in [6, 6.07) is 0. The van der Waals surface area contributed by atoms with E-state index in [1.165, 1.54) is 71.3 Å². The first kappa shape index (κ1) is 32.1. The van der Waals surface area contributed by atoms with Crippen molar-refractivity contribution in [1.29, 1.82) is 0 Å². The number of hydrogen-bond acceptors (Lipinski definition) is 7. The predicted molar refractivity (Wildman–Crippen MR) is 134 cm³/mol. The summed E-state index contributed by atoms with van der Waals surface area (Å²) in [5.41, 5.74) is 2.21. The summed E-state index contributed by atoms with van der Waals surface area (Å²) in [6.45, 7) is 4.41. The molecule has 0 aromatic rings. The minimum absolute atomic E-state index is 0.128. The number of carbonyl (C=O) groups excluding carboxylic acids is 2. The van der Waals surface area contributed by atoms with E-state index in [1.54, 1.807) is 0 Å². The molecule has 0 unspecified atom stereocenters. The number of hydroxylamine groups is 1. The highest BCUT2D eigenvalue weighted by molar-refractivity contribution is 7.49. The van der Waals surface area contributed by atoms with Crippen LogP contribution in [0.3, 0.4) is 0 Å². The summed E-state index contributed by atoms with van der Waals surface area (Å²) < 4.78 is 27.2. The summed E-state index contributed by atoms with van der Waals surface area (Å²) in [5.74, 6) is -1.35. The smallest absolute Gasteiger partial charge is 0.360 e. The summed E-state index contributed by atoms with van der Waals surface area (Å²) in [7, 11) is -2.93. The maximum absolute atomic E-state index is 12.6. The fraction of sp³-hybridized carbons (Fsp3) is 0.920. The topological polar surface area (TPSA) is 90.9 Å². The van der Waals surface area contributed by atoms with Crippen molar-refractivity contribution in [3.05, 3.63) is 0 Å². The lowest BCUT2D eigenvalue weighted by Crippen LogP contribution is -2.15. The molecule has 0 atom stereocenters. The number of unbranched alkanes of at least 4 members (excludes halogenated alkanes) is 16. The molecule has 0 radical (unpaired) electrons. The molecule has 0 spiro atoms. The van der Waals surface area contributed by atoms with Crippen molar-refractivity contribution in [3.8, 4) is 0 Å². The van der Waals surface area contributed by atoms with Crippen LogP contribution in [0, 0.1) is 0 Å². The van der Waals surface area contributed by atoms with Crippen molar-refractivity contribution in [1.82, 2.24) is 5.48 Å². The Labute approximate surface area is 202 Å². The molecule has 8 heteroatoms. The van der Waals surface area contributed by atoms with Gasteiger partial charge >= 0.3 is 19.8 Å². The maximum Gasteiger partial charge on any atom is 0.609 e. The van der Waals surface area contributed by atoms with E-state index in [9.17, 15) is 14.2 Å². The minimum atomic E-state index is -4.30. The lowest BCUT2D eigenvalue weighted by atomic mass is 10.1. The van der Waals surface area contributed by atoms with E-state index < -0.39 is 19.8 Å². The Balaban J connectivity index is 3.97. The Morgan fingerprint density at radius 2 is 0.879 bits per heavy atom. The van der Waals surface area contributed by atoms with Gasteiger partial charge in [0.1, 0.15) is 0 Å². The monoisotopic (exact) mass is 491 g/mol. The summed E-state index contributed by atoms with van der Waals surface area (Å²) in [5, 5.41) is 0. The molecule has 7 nitrogen and oxygen atoms in total. The van der Waals surface area contributed by atoms with E-state index in [0.717, 1.165) is 38.5 Å². The third kappa shape index (κ3) is 21.4. The van der Waals surface area contributed by atoms with Crippen molar-refractivity contribution >= 4 is 19.8 Å². The summed E-state index contributed by atoms with van der Waals surface area (Å²) in [6.07, 6.45) is 20.5. The molecule has 0 aromatic heterocycles. The fourth-order valence-electron chi connectivity index (χ4n) is 3.67. The second-order valence-electron chi connectivity index (χ2n) is 8.83. The molecule has 0 saturated carbocycles. The summed E-state index contributed by atoms with van der Waals surface area (Å²) in [4.78, 5) is 24.1. The number of carbonyl (C=O) groups is 2. The van der Waals surface area contributed by atoms with E-state index in [1.807, 2.05) is 0 Å². The standard InChI is InChI=1S/C25H50NO6P/c1-4-6-8-10-12-14-16-18-20-22-24(27)30-33(29,32-26-3)31-25(28)23-21-19-17-15-13-11-9-7-5-2/h26H,4-23H2,1-3H3. The van der Waals surface area contributed by atoms with Gasteiger partial charge in [-0.05, 0) is 12.8 Å². The Hall–Kier alpha value is -0.910. The molecular formula is C25H50NO6P. The van der Waals surface area contributed by atoms with E-state index in [0.29, 0.717) is 12.8 Å². The highest BCUT2D eigenvalue weighted by atomic mass is 31.2. The second-order valence-corrected chi connectivity index (χ2v) is 10.3. The molecule has 0 aliphatic heterocycles. The number of nitrogens with one attached hydrogen (secondary N) is 1. The van der Waals surface area contributed by atoms with Gasteiger partial charge in [-0.3, -0.25) is 9.59 Å². The zero-order valence-corrected chi connectivity index (χ0v) is 22.4. The third-order valence-corrected chi connectivity index (χ3v) is 6.86. The number of rotatable bonds is 24. The van der Waals surface area contributed by atoms with Crippen LogP contribution in [0.4, 0.5) is 0 Å². The third-order valence-electron chi connectivity index (χ3n) is 5.60. The molecule has 0 aliphatic rings. The maximum atomic E-state index is 12.6. The Morgan fingerprint density at radius 3 is 1.18 bits per heavy atom. The highest BCUT2D eigenvalue weighted by Gasteiger charge is 2.35. The molecule has 0 heterocycles. The molecule has 0 aromatic carbocycles. The predicted octanol–water partition coefficient (Wildman–Crippen LogP) is 8.17. The molecular weight excluding hydrogens is 441 g/mol. The van der Waals surface area contributed by atoms with Crippen molar-refractivity contribution in [3.63, 3.8) is 0 Å². The zero-order chi connectivity index (χ0) is 24.6. The first-order valence-corrected chi connectivity index (χ1v) is 14.8. The van der Waals surface area contributed by atoms with Crippen molar-refractivity contribution in [2.75, 3.05) is 7.05 Å². The molecule has 0 aliphatic carbocycles. The quantitative estimate of drug-likeness (QED) is 0.0827. The second kappa shape index (κ2) is 22.9. The van der Waals surface area contributed by atoms with Crippen LogP contribution >= 0.6 is 7.82 Å². The van der Waals surface area contributed by atoms with Gasteiger partial charge in [-0.15, -0.1) is 0 Å². The van der Waals surface area contributed by atoms with Gasteiger partial charge in [0.15, 0.2) is 0 Å². The highest BCUT2D eigenvalue weighted by Crippen LogP contribution is 2.49. The SMILES string of the molecule is CCCCCCCCCCCC(=O)OP(=O)(ONC)OC(=O)CCCCCCCCCCC. The molecule has 0 fully saturated rings. The van der Waals surface area contributed by atoms with E-state index in [2.05, 4.69) is 19.3 Å². The summed E-state index contributed by atoms with van der Waals surface area (Å²) >= 11 is 0. The van der Waals surface area contributed by atoms with Crippen LogP contribution < -0.4 is 5.48 Å². The zero-order valence-electron chi connectivity index (χ0n) is 21.5. The molecule has 1 N–H and O–H groups in total. The molecule has 33 heavy (non-hydrogen) atoms. The molecule has 0 saturated heterocycles. The van der Waals surface area contributed by atoms with E-state index in [4.69, 9.17) is 13.7 Å². The van der Waals surface area contributed by atoms with E-state index >= 15 is 0 Å². The van der Waals surface area contributed by atoms with Crippen LogP contribution in [0.5, 0.6) is 0 Å². The van der Waals surface area contributed by atoms with Gasteiger partial charge in [-0.2, -0.15) is 10.1 Å². The average molecular weight is 492 g/mol. The van der Waals surface area contributed by atoms with Gasteiger partial charge in [0.05, 0.1) is 0 Å². The first-order valence-electron chi connectivity index (χ1n) is 13.4. The molecule has 0 amide bonds.